The summed E-state index contributed by atoms with van der Waals surface area (Å²) in [5.41, 5.74) is 7.75. The van der Waals surface area contributed by atoms with Crippen molar-refractivity contribution in [1.29, 1.82) is 0 Å². The monoisotopic (exact) mass is 764 g/mol. The van der Waals surface area contributed by atoms with E-state index in [0.29, 0.717) is 17.6 Å². The molecule has 0 amide bonds. The molecular weight excluding hydrogens is 733 g/mol. The molecule has 13 aromatic rings. The summed E-state index contributed by atoms with van der Waals surface area (Å²) >= 11 is 0. The predicted octanol–water partition coefficient (Wildman–Crippen LogP) is 14.5. The lowest BCUT2D eigenvalue weighted by Crippen LogP contribution is -2.07. The molecule has 0 saturated heterocycles. The first-order valence-electron chi connectivity index (χ1n) is 20.3. The van der Waals surface area contributed by atoms with E-state index in [9.17, 15) is 0 Å². The molecule has 0 saturated carbocycles. The molecule has 13 rings (SSSR count). The SMILES string of the molecule is c1ccc2cc(-c3nc(-c4ccc5ccccc5c4)nc(-n4c5c(-c6ccc7c(c6)oc6ccc8ccccc8c67)cccc5c5ccc6ccccc6c54)n3)ccc2c1. The molecule has 0 aliphatic rings. The molecule has 278 valence electrons. The molecule has 10 aromatic carbocycles. The van der Waals surface area contributed by atoms with E-state index in [-0.39, 0.29) is 0 Å². The Morgan fingerprint density at radius 3 is 1.58 bits per heavy atom. The van der Waals surface area contributed by atoms with Gasteiger partial charge < -0.3 is 4.42 Å². The van der Waals surface area contributed by atoms with Crippen LogP contribution in [0.2, 0.25) is 0 Å². The van der Waals surface area contributed by atoms with Gasteiger partial charge in [-0.1, -0.05) is 164 Å². The van der Waals surface area contributed by atoms with Gasteiger partial charge in [0.1, 0.15) is 11.2 Å². The highest BCUT2D eigenvalue weighted by Gasteiger charge is 2.23. The molecule has 0 atom stereocenters. The van der Waals surface area contributed by atoms with Crippen molar-refractivity contribution in [2.45, 2.75) is 0 Å². The second kappa shape index (κ2) is 12.7. The molecular formula is C55H32N4O. The molecule has 0 radical (unpaired) electrons. The highest BCUT2D eigenvalue weighted by molar-refractivity contribution is 6.22. The van der Waals surface area contributed by atoms with E-state index in [0.717, 1.165) is 87.5 Å². The quantitative estimate of drug-likeness (QED) is 0.179. The summed E-state index contributed by atoms with van der Waals surface area (Å²) in [5.74, 6) is 1.77. The highest BCUT2D eigenvalue weighted by Crippen LogP contribution is 2.43. The van der Waals surface area contributed by atoms with Gasteiger partial charge in [-0.25, -0.2) is 4.98 Å². The normalized spacial score (nSPS) is 12.0. The second-order valence-electron chi connectivity index (χ2n) is 15.6. The first kappa shape index (κ1) is 32.9. The lowest BCUT2D eigenvalue weighted by atomic mass is 9.99. The third-order valence-electron chi connectivity index (χ3n) is 12.2. The van der Waals surface area contributed by atoms with E-state index in [1.807, 2.05) is 0 Å². The van der Waals surface area contributed by atoms with Gasteiger partial charge in [-0.3, -0.25) is 4.57 Å². The van der Waals surface area contributed by atoms with Crippen molar-refractivity contribution in [3.05, 3.63) is 194 Å². The van der Waals surface area contributed by atoms with Gasteiger partial charge in [0, 0.05) is 43.6 Å². The average molecular weight is 765 g/mol. The Hall–Kier alpha value is -8.15. The summed E-state index contributed by atoms with van der Waals surface area (Å²) in [6.45, 7) is 0. The van der Waals surface area contributed by atoms with Crippen LogP contribution in [-0.2, 0) is 0 Å². The van der Waals surface area contributed by atoms with Crippen LogP contribution in [0.3, 0.4) is 0 Å². The molecule has 0 bridgehead atoms. The fourth-order valence-electron chi connectivity index (χ4n) is 9.35. The number of hydrogen-bond acceptors (Lipinski definition) is 4. The van der Waals surface area contributed by atoms with E-state index in [4.69, 9.17) is 19.4 Å². The van der Waals surface area contributed by atoms with Crippen molar-refractivity contribution < 1.29 is 4.42 Å². The van der Waals surface area contributed by atoms with Crippen LogP contribution < -0.4 is 0 Å². The molecule has 5 heteroatoms. The number of para-hydroxylation sites is 1. The van der Waals surface area contributed by atoms with Crippen molar-refractivity contribution in [3.63, 3.8) is 0 Å². The van der Waals surface area contributed by atoms with Crippen molar-refractivity contribution in [2.24, 2.45) is 0 Å². The lowest BCUT2D eigenvalue weighted by molar-refractivity contribution is 0.669. The fourth-order valence-corrected chi connectivity index (χ4v) is 9.35. The molecule has 5 nitrogen and oxygen atoms in total. The Labute approximate surface area is 343 Å². The van der Waals surface area contributed by atoms with Gasteiger partial charge in [0.2, 0.25) is 5.95 Å². The largest absolute Gasteiger partial charge is 0.456 e. The number of fused-ring (bicyclic) bond motifs is 12. The lowest BCUT2D eigenvalue weighted by Gasteiger charge is -2.14. The maximum Gasteiger partial charge on any atom is 0.238 e. The van der Waals surface area contributed by atoms with Crippen LogP contribution in [-0.4, -0.2) is 19.5 Å². The molecule has 3 aromatic heterocycles. The van der Waals surface area contributed by atoms with Crippen LogP contribution in [0.1, 0.15) is 0 Å². The second-order valence-corrected chi connectivity index (χ2v) is 15.6. The van der Waals surface area contributed by atoms with E-state index in [1.165, 1.54) is 21.5 Å². The maximum absolute atomic E-state index is 6.62. The standard InChI is InChI=1S/C55H32N4O/c1-3-14-37-30-40(22-20-33(37)10-1)53-56-54(41-23-21-34-11-2-4-15-38(34)31-41)58-55(57-53)59-51-43-17-8-6-13-36(43)24-27-46(51)45-19-9-18-44(52(45)59)39-25-28-47-49(32-39)60-48-29-26-35-12-5-7-16-42(35)50(47)48/h1-32H. The smallest absolute Gasteiger partial charge is 0.238 e. The summed E-state index contributed by atoms with van der Waals surface area (Å²) in [6.07, 6.45) is 0. The third kappa shape index (κ3) is 4.96. The Balaban J connectivity index is 1.12. The first-order chi connectivity index (χ1) is 29.7. The van der Waals surface area contributed by atoms with Gasteiger partial charge in [0.25, 0.3) is 0 Å². The van der Waals surface area contributed by atoms with E-state index < -0.39 is 0 Å². The minimum atomic E-state index is 0.552. The molecule has 60 heavy (non-hydrogen) atoms. The number of benzene rings is 10. The molecule has 0 unspecified atom stereocenters. The van der Waals surface area contributed by atoms with E-state index >= 15 is 0 Å². The van der Waals surface area contributed by atoms with Gasteiger partial charge in [0.15, 0.2) is 11.6 Å². The summed E-state index contributed by atoms with van der Waals surface area (Å²) < 4.78 is 8.89. The zero-order valence-electron chi connectivity index (χ0n) is 32.2. The third-order valence-corrected chi connectivity index (χ3v) is 12.2. The van der Waals surface area contributed by atoms with Gasteiger partial charge in [-0.15, -0.1) is 0 Å². The first-order valence-corrected chi connectivity index (χ1v) is 20.3. The Morgan fingerprint density at radius 2 is 0.867 bits per heavy atom. The molecule has 0 spiro atoms. The van der Waals surface area contributed by atoms with Crippen LogP contribution in [0, 0.1) is 0 Å². The van der Waals surface area contributed by atoms with Crippen molar-refractivity contribution in [3.8, 4) is 39.9 Å². The maximum atomic E-state index is 6.62. The summed E-state index contributed by atoms with van der Waals surface area (Å²) in [5, 5.41) is 13.7. The Morgan fingerprint density at radius 1 is 0.333 bits per heavy atom. The van der Waals surface area contributed by atoms with Crippen LogP contribution in [0.15, 0.2) is 199 Å². The number of hydrogen-bond donors (Lipinski definition) is 0. The van der Waals surface area contributed by atoms with Gasteiger partial charge in [-0.2, -0.15) is 9.97 Å². The minimum Gasteiger partial charge on any atom is -0.456 e. The summed E-state index contributed by atoms with van der Waals surface area (Å²) in [4.78, 5) is 16.1. The highest BCUT2D eigenvalue weighted by atomic mass is 16.3. The molecule has 3 heterocycles. The summed E-state index contributed by atoms with van der Waals surface area (Å²) in [6, 6.07) is 68.7. The number of rotatable bonds is 4. The van der Waals surface area contributed by atoms with Crippen LogP contribution in [0.5, 0.6) is 0 Å². The Bertz CT molecular complexity index is 3820. The van der Waals surface area contributed by atoms with Crippen molar-refractivity contribution >= 4 is 86.8 Å². The predicted molar refractivity (Wildman–Crippen MR) is 248 cm³/mol. The molecule has 0 aliphatic carbocycles. The Kier molecular flexibility index (Phi) is 6.95. The number of furan rings is 1. The zero-order valence-corrected chi connectivity index (χ0v) is 32.2. The van der Waals surface area contributed by atoms with Gasteiger partial charge in [0.05, 0.1) is 11.0 Å². The number of aromatic nitrogens is 4. The van der Waals surface area contributed by atoms with Gasteiger partial charge in [-0.05, 0) is 73.6 Å². The molecule has 0 aliphatic heterocycles. The topological polar surface area (TPSA) is 56.7 Å². The number of nitrogens with zero attached hydrogens (tertiary/aromatic N) is 4. The zero-order chi connectivity index (χ0) is 39.3. The molecule has 0 N–H and O–H groups in total. The van der Waals surface area contributed by atoms with Crippen LogP contribution >= 0.6 is 0 Å². The van der Waals surface area contributed by atoms with Crippen molar-refractivity contribution in [1.82, 2.24) is 19.5 Å². The van der Waals surface area contributed by atoms with E-state index in [1.54, 1.807) is 0 Å². The average Bonchev–Trinajstić information content (AvgIpc) is 3.87. The minimum absolute atomic E-state index is 0.552. The van der Waals surface area contributed by atoms with Crippen LogP contribution in [0.25, 0.3) is 127 Å². The van der Waals surface area contributed by atoms with Crippen LogP contribution in [0.4, 0.5) is 0 Å². The van der Waals surface area contributed by atoms with Crippen molar-refractivity contribution in [2.75, 3.05) is 0 Å². The van der Waals surface area contributed by atoms with E-state index in [2.05, 4.69) is 199 Å². The summed E-state index contributed by atoms with van der Waals surface area (Å²) in [7, 11) is 0. The fraction of sp³-hybridized carbons (Fsp3) is 0. The van der Waals surface area contributed by atoms with Gasteiger partial charge >= 0.3 is 0 Å². The molecule has 0 fully saturated rings.